The van der Waals surface area contributed by atoms with E-state index >= 15 is 0 Å². The molecule has 0 fully saturated rings. The van der Waals surface area contributed by atoms with Crippen LogP contribution in [0.4, 0.5) is 0 Å². The molecule has 0 atom stereocenters. The van der Waals surface area contributed by atoms with E-state index in [2.05, 4.69) is 4.99 Å². The number of rotatable bonds is 7. The van der Waals surface area contributed by atoms with Gasteiger partial charge in [0, 0.05) is 23.1 Å². The van der Waals surface area contributed by atoms with Gasteiger partial charge in [-0.15, -0.1) is 0 Å². The maximum absolute atomic E-state index is 12.4. The summed E-state index contributed by atoms with van der Waals surface area (Å²) in [6, 6.07) is 28.1. The van der Waals surface area contributed by atoms with Crippen LogP contribution in [0.15, 0.2) is 108 Å². The second kappa shape index (κ2) is 9.95. The van der Waals surface area contributed by atoms with Gasteiger partial charge in [-0.3, -0.25) is 4.79 Å². The van der Waals surface area contributed by atoms with Crippen molar-refractivity contribution in [1.29, 1.82) is 0 Å². The van der Waals surface area contributed by atoms with Crippen molar-refractivity contribution >= 4 is 17.5 Å². The molecule has 0 spiro atoms. The van der Waals surface area contributed by atoms with Crippen LogP contribution < -0.4 is 0 Å². The van der Waals surface area contributed by atoms with Gasteiger partial charge in [0.05, 0.1) is 12.8 Å². The fourth-order valence-corrected chi connectivity index (χ4v) is 2.82. The third-order valence-electron chi connectivity index (χ3n) is 4.30. The Kier molecular flexibility index (Phi) is 6.85. The number of Topliss-reactive ketones (excluding diaryl/α,β-unsaturated/α-hetero) is 1. The number of esters is 1. The fraction of sp³-hybridized carbons (Fsp3) is 0.0800. The molecule has 0 radical (unpaired) electrons. The molecule has 3 rings (SSSR count). The summed E-state index contributed by atoms with van der Waals surface area (Å²) in [4.78, 5) is 29.4. The van der Waals surface area contributed by atoms with Gasteiger partial charge in [0.25, 0.3) is 0 Å². The van der Waals surface area contributed by atoms with Gasteiger partial charge < -0.3 is 4.74 Å². The molecule has 0 aliphatic rings. The number of hydrogen-bond acceptors (Lipinski definition) is 4. The molecule has 3 aromatic carbocycles. The maximum Gasteiger partial charge on any atom is 0.356 e. The minimum absolute atomic E-state index is 0.0504. The van der Waals surface area contributed by atoms with Gasteiger partial charge in [0.15, 0.2) is 5.78 Å². The van der Waals surface area contributed by atoms with Gasteiger partial charge in [0.2, 0.25) is 0 Å². The molecule has 0 aliphatic heterocycles. The SMILES string of the molecule is COC(=O)/C(=C\CC(=O)c1ccccc1)N=C(c1ccccc1)c1ccccc1. The molecular formula is C25H21NO3. The molecule has 0 aromatic heterocycles. The minimum atomic E-state index is -0.588. The van der Waals surface area contributed by atoms with Gasteiger partial charge in [-0.25, -0.2) is 9.79 Å². The minimum Gasteiger partial charge on any atom is -0.464 e. The van der Waals surface area contributed by atoms with Crippen molar-refractivity contribution in [3.05, 3.63) is 119 Å². The van der Waals surface area contributed by atoms with E-state index in [9.17, 15) is 9.59 Å². The summed E-state index contributed by atoms with van der Waals surface area (Å²) >= 11 is 0. The highest BCUT2D eigenvalue weighted by molar-refractivity contribution is 6.14. The third kappa shape index (κ3) is 5.36. The van der Waals surface area contributed by atoms with Crippen LogP contribution in [0.1, 0.15) is 27.9 Å². The summed E-state index contributed by atoms with van der Waals surface area (Å²) in [5.74, 6) is -0.682. The molecular weight excluding hydrogens is 362 g/mol. The summed E-state index contributed by atoms with van der Waals surface area (Å²) in [6.07, 6.45) is 1.57. The molecule has 3 aromatic rings. The van der Waals surface area contributed by atoms with Crippen LogP contribution in [0.25, 0.3) is 0 Å². The highest BCUT2D eigenvalue weighted by Gasteiger charge is 2.14. The highest BCUT2D eigenvalue weighted by Crippen LogP contribution is 2.15. The maximum atomic E-state index is 12.4. The van der Waals surface area contributed by atoms with Crippen LogP contribution in [0, 0.1) is 0 Å². The largest absolute Gasteiger partial charge is 0.464 e. The van der Waals surface area contributed by atoms with Crippen molar-refractivity contribution in [1.82, 2.24) is 0 Å². The average Bonchev–Trinajstić information content (AvgIpc) is 2.80. The lowest BCUT2D eigenvalue weighted by Crippen LogP contribution is -2.10. The van der Waals surface area contributed by atoms with E-state index in [1.807, 2.05) is 66.7 Å². The number of hydrogen-bond donors (Lipinski definition) is 0. The van der Waals surface area contributed by atoms with Crippen molar-refractivity contribution in [2.24, 2.45) is 4.99 Å². The zero-order valence-electron chi connectivity index (χ0n) is 16.1. The molecule has 29 heavy (non-hydrogen) atoms. The van der Waals surface area contributed by atoms with Gasteiger partial charge in [-0.05, 0) is 6.08 Å². The first-order valence-electron chi connectivity index (χ1n) is 9.25. The Balaban J connectivity index is 2.00. The Labute approximate surface area is 170 Å². The Bertz CT molecular complexity index is 982. The van der Waals surface area contributed by atoms with Crippen LogP contribution in [-0.4, -0.2) is 24.6 Å². The summed E-state index contributed by atoms with van der Waals surface area (Å²) in [7, 11) is 1.30. The molecule has 0 amide bonds. The lowest BCUT2D eigenvalue weighted by molar-refractivity contribution is -0.136. The van der Waals surface area contributed by atoms with E-state index < -0.39 is 5.97 Å². The Morgan fingerprint density at radius 3 is 1.66 bits per heavy atom. The molecule has 0 saturated heterocycles. The summed E-state index contributed by atoms with van der Waals surface area (Å²) < 4.78 is 4.90. The zero-order chi connectivity index (χ0) is 20.5. The molecule has 0 saturated carbocycles. The van der Waals surface area contributed by atoms with Gasteiger partial charge in [0.1, 0.15) is 5.70 Å². The molecule has 0 N–H and O–H groups in total. The Morgan fingerprint density at radius 2 is 1.21 bits per heavy atom. The fourth-order valence-electron chi connectivity index (χ4n) is 2.82. The Morgan fingerprint density at radius 1 is 0.759 bits per heavy atom. The summed E-state index contributed by atoms with van der Waals surface area (Å²) in [5, 5.41) is 0. The molecule has 144 valence electrons. The molecule has 0 heterocycles. The number of allylic oxidation sites excluding steroid dienone is 1. The van der Waals surface area contributed by atoms with Gasteiger partial charge in [-0.2, -0.15) is 0 Å². The number of methoxy groups -OCH3 is 1. The number of carbonyl (C=O) groups excluding carboxylic acids is 2. The van der Waals surface area contributed by atoms with E-state index in [1.165, 1.54) is 13.2 Å². The van der Waals surface area contributed by atoms with Gasteiger partial charge in [-0.1, -0.05) is 91.0 Å². The molecule has 0 unspecified atom stereocenters. The van der Waals surface area contributed by atoms with E-state index in [0.29, 0.717) is 11.3 Å². The molecule has 0 aliphatic carbocycles. The van der Waals surface area contributed by atoms with E-state index in [0.717, 1.165) is 11.1 Å². The topological polar surface area (TPSA) is 55.7 Å². The number of carbonyl (C=O) groups is 2. The second-order valence-electron chi connectivity index (χ2n) is 6.27. The van der Waals surface area contributed by atoms with E-state index in [-0.39, 0.29) is 17.9 Å². The standard InChI is InChI=1S/C25H21NO3/c1-29-25(28)22(17-18-23(27)19-11-5-2-6-12-19)26-24(20-13-7-3-8-14-20)21-15-9-4-10-16-21/h2-17H,18H2,1H3/b22-17+. The van der Waals surface area contributed by atoms with Crippen molar-refractivity contribution in [2.45, 2.75) is 6.42 Å². The summed E-state index contributed by atoms with van der Waals surface area (Å²) in [5.41, 5.74) is 3.04. The molecule has 4 nitrogen and oxygen atoms in total. The van der Waals surface area contributed by atoms with Crippen LogP contribution in [0.5, 0.6) is 0 Å². The van der Waals surface area contributed by atoms with Crippen molar-refractivity contribution in [3.63, 3.8) is 0 Å². The lowest BCUT2D eigenvalue weighted by atomic mass is 10.0. The lowest BCUT2D eigenvalue weighted by Gasteiger charge is -2.09. The number of ketones is 1. The Hall–Kier alpha value is -3.79. The van der Waals surface area contributed by atoms with Crippen LogP contribution in [-0.2, 0) is 9.53 Å². The number of ether oxygens (including phenoxy) is 1. The first-order valence-corrected chi connectivity index (χ1v) is 9.25. The van der Waals surface area contributed by atoms with Crippen LogP contribution >= 0.6 is 0 Å². The zero-order valence-corrected chi connectivity index (χ0v) is 16.1. The van der Waals surface area contributed by atoms with Crippen molar-refractivity contribution in [3.8, 4) is 0 Å². The van der Waals surface area contributed by atoms with E-state index in [4.69, 9.17) is 4.74 Å². The second-order valence-corrected chi connectivity index (χ2v) is 6.27. The first kappa shape index (κ1) is 20.0. The summed E-state index contributed by atoms with van der Waals surface area (Å²) in [6.45, 7) is 0. The van der Waals surface area contributed by atoms with Crippen LogP contribution in [0.2, 0.25) is 0 Å². The number of aliphatic imine (C=N–C) groups is 1. The molecule has 0 bridgehead atoms. The molecule has 4 heteroatoms. The van der Waals surface area contributed by atoms with Gasteiger partial charge >= 0.3 is 5.97 Å². The predicted octanol–water partition coefficient (Wildman–Crippen LogP) is 4.85. The van der Waals surface area contributed by atoms with Crippen molar-refractivity contribution < 1.29 is 14.3 Å². The first-order chi connectivity index (χ1) is 14.2. The smallest absolute Gasteiger partial charge is 0.356 e. The van der Waals surface area contributed by atoms with E-state index in [1.54, 1.807) is 24.3 Å². The number of nitrogens with zero attached hydrogens (tertiary/aromatic N) is 1. The highest BCUT2D eigenvalue weighted by atomic mass is 16.5. The number of benzene rings is 3. The normalized spacial score (nSPS) is 10.9. The quantitative estimate of drug-likeness (QED) is 0.254. The van der Waals surface area contributed by atoms with Crippen molar-refractivity contribution in [2.75, 3.05) is 7.11 Å². The third-order valence-corrected chi connectivity index (χ3v) is 4.30. The average molecular weight is 383 g/mol. The predicted molar refractivity (Wildman–Crippen MR) is 114 cm³/mol. The van der Waals surface area contributed by atoms with Crippen LogP contribution in [0.3, 0.4) is 0 Å². The monoisotopic (exact) mass is 383 g/mol.